The van der Waals surface area contributed by atoms with E-state index in [-0.39, 0.29) is 5.91 Å². The fourth-order valence-corrected chi connectivity index (χ4v) is 5.10. The van der Waals surface area contributed by atoms with Crippen molar-refractivity contribution < 1.29 is 4.79 Å². The lowest BCUT2D eigenvalue weighted by Gasteiger charge is -2.43. The summed E-state index contributed by atoms with van der Waals surface area (Å²) < 4.78 is 0. The van der Waals surface area contributed by atoms with Crippen LogP contribution in [-0.2, 0) is 11.2 Å². The lowest BCUT2D eigenvalue weighted by atomic mass is 9.85. The number of para-hydroxylation sites is 1. The maximum Gasteiger partial charge on any atom is 0.247 e. The van der Waals surface area contributed by atoms with E-state index in [2.05, 4.69) is 56.5 Å². The number of likely N-dealkylation sites (tertiary alicyclic amines) is 1. The molecule has 158 valence electrons. The number of fused-ring (bicyclic) bond motifs is 1. The number of aromatic nitrogens is 1. The van der Waals surface area contributed by atoms with Gasteiger partial charge in [0.15, 0.2) is 0 Å². The number of rotatable bonds is 5. The first kappa shape index (κ1) is 19.7. The molecule has 5 rings (SSSR count). The quantitative estimate of drug-likeness (QED) is 0.672. The molecule has 1 amide bonds. The molecular weight excluding hydrogens is 386 g/mol. The number of hydrogen-bond donors (Lipinski definition) is 2. The zero-order chi connectivity index (χ0) is 21.3. The Morgan fingerprint density at radius 2 is 1.90 bits per heavy atom. The molecule has 2 aliphatic rings. The molecular formula is C25H27N5O. The molecule has 2 N–H and O–H groups in total. The normalized spacial score (nSPS) is 18.4. The number of nitriles is 1. The van der Waals surface area contributed by atoms with Crippen LogP contribution < -0.4 is 10.2 Å². The summed E-state index contributed by atoms with van der Waals surface area (Å²) in [6.07, 6.45) is 5.54. The van der Waals surface area contributed by atoms with Crippen LogP contribution in [-0.4, -0.2) is 47.6 Å². The number of aryl methyl sites for hydroxylation is 1. The van der Waals surface area contributed by atoms with Crippen molar-refractivity contribution in [3.8, 4) is 6.07 Å². The molecule has 0 aliphatic carbocycles. The second-order valence-corrected chi connectivity index (χ2v) is 8.60. The summed E-state index contributed by atoms with van der Waals surface area (Å²) in [5.41, 5.74) is 3.69. The number of anilines is 1. The smallest absolute Gasteiger partial charge is 0.247 e. The molecule has 6 nitrogen and oxygen atoms in total. The second-order valence-electron chi connectivity index (χ2n) is 8.60. The summed E-state index contributed by atoms with van der Waals surface area (Å²) in [7, 11) is 0. The van der Waals surface area contributed by atoms with Crippen LogP contribution in [0.15, 0.2) is 54.7 Å². The van der Waals surface area contributed by atoms with E-state index in [1.165, 1.54) is 5.56 Å². The average molecular weight is 414 g/mol. The summed E-state index contributed by atoms with van der Waals surface area (Å²) >= 11 is 0. The first-order chi connectivity index (χ1) is 15.2. The molecule has 1 aromatic heterocycles. The molecule has 2 saturated heterocycles. The third-order valence-corrected chi connectivity index (χ3v) is 6.89. The summed E-state index contributed by atoms with van der Waals surface area (Å²) in [6.45, 7) is 3.49. The third kappa shape index (κ3) is 3.55. The van der Waals surface area contributed by atoms with Crippen molar-refractivity contribution in [1.82, 2.24) is 15.2 Å². The lowest BCUT2D eigenvalue weighted by Crippen LogP contribution is -2.56. The van der Waals surface area contributed by atoms with E-state index < -0.39 is 5.54 Å². The largest absolute Gasteiger partial charge is 0.360 e. The molecule has 2 aliphatic heterocycles. The van der Waals surface area contributed by atoms with Crippen LogP contribution in [0, 0.1) is 11.3 Å². The number of H-pyrrole nitrogens is 1. The van der Waals surface area contributed by atoms with Gasteiger partial charge in [0, 0.05) is 35.9 Å². The number of benzene rings is 2. The molecule has 3 aromatic rings. The minimum absolute atomic E-state index is 0.170. The van der Waals surface area contributed by atoms with Crippen molar-refractivity contribution in [3.05, 3.63) is 65.9 Å². The predicted molar refractivity (Wildman–Crippen MR) is 122 cm³/mol. The Morgan fingerprint density at radius 3 is 2.68 bits per heavy atom. The molecule has 3 heterocycles. The average Bonchev–Trinajstić information content (AvgIpc) is 3.36. The summed E-state index contributed by atoms with van der Waals surface area (Å²) in [5, 5.41) is 13.3. The van der Waals surface area contributed by atoms with Crippen molar-refractivity contribution in [3.63, 3.8) is 0 Å². The van der Waals surface area contributed by atoms with E-state index in [0.717, 1.165) is 61.9 Å². The van der Waals surface area contributed by atoms with Gasteiger partial charge in [0.1, 0.15) is 11.6 Å². The first-order valence-corrected chi connectivity index (χ1v) is 11.0. The molecule has 0 bridgehead atoms. The summed E-state index contributed by atoms with van der Waals surface area (Å²) in [4.78, 5) is 20.7. The maximum absolute atomic E-state index is 12.8. The molecule has 6 heteroatoms. The molecule has 31 heavy (non-hydrogen) atoms. The Labute approximate surface area is 182 Å². The van der Waals surface area contributed by atoms with E-state index in [0.29, 0.717) is 12.2 Å². The Balaban J connectivity index is 1.18. The van der Waals surface area contributed by atoms with Gasteiger partial charge in [0.05, 0.1) is 12.2 Å². The van der Waals surface area contributed by atoms with Crippen LogP contribution in [0.1, 0.15) is 30.4 Å². The highest BCUT2D eigenvalue weighted by molar-refractivity contribution is 5.93. The van der Waals surface area contributed by atoms with E-state index in [4.69, 9.17) is 0 Å². The second kappa shape index (κ2) is 8.09. The molecule has 0 saturated carbocycles. The number of carbonyl (C=O) groups is 1. The van der Waals surface area contributed by atoms with Crippen LogP contribution in [0.2, 0.25) is 0 Å². The van der Waals surface area contributed by atoms with E-state index in [1.54, 1.807) is 6.20 Å². The van der Waals surface area contributed by atoms with Crippen molar-refractivity contribution in [1.29, 1.82) is 5.26 Å². The summed E-state index contributed by atoms with van der Waals surface area (Å²) in [6, 6.07) is 18.9. The van der Waals surface area contributed by atoms with Gasteiger partial charge < -0.3 is 20.1 Å². The Hall–Kier alpha value is -3.30. The molecule has 0 unspecified atom stereocenters. The van der Waals surface area contributed by atoms with Gasteiger partial charge in [-0.15, -0.1) is 0 Å². The van der Waals surface area contributed by atoms with Gasteiger partial charge in [-0.2, -0.15) is 5.26 Å². The maximum atomic E-state index is 12.8. The Bertz CT molecular complexity index is 1120. The lowest BCUT2D eigenvalue weighted by molar-refractivity contribution is -0.125. The molecule has 0 atom stereocenters. The van der Waals surface area contributed by atoms with Crippen LogP contribution in [0.4, 0.5) is 5.69 Å². The van der Waals surface area contributed by atoms with Crippen molar-refractivity contribution in [2.45, 2.75) is 31.2 Å². The molecule has 1 spiro atoms. The number of nitrogens with one attached hydrogen (secondary N) is 2. The number of aromatic amines is 1. The van der Waals surface area contributed by atoms with Crippen molar-refractivity contribution >= 4 is 22.5 Å². The van der Waals surface area contributed by atoms with Gasteiger partial charge in [-0.3, -0.25) is 4.79 Å². The van der Waals surface area contributed by atoms with Gasteiger partial charge in [-0.1, -0.05) is 24.3 Å². The van der Waals surface area contributed by atoms with Crippen molar-refractivity contribution in [2.75, 3.05) is 31.2 Å². The molecule has 2 fully saturated rings. The third-order valence-electron chi connectivity index (χ3n) is 6.89. The van der Waals surface area contributed by atoms with Crippen LogP contribution in [0.3, 0.4) is 0 Å². The number of hydrogen-bond acceptors (Lipinski definition) is 4. The SMILES string of the molecule is N#Cc1c[nH]c2ccc(CCCN3CCC4(CC3)C(=O)NCN4c3ccccc3)cc12. The fraction of sp³-hybridized carbons (Fsp3) is 0.360. The summed E-state index contributed by atoms with van der Waals surface area (Å²) in [5.74, 6) is 0.170. The van der Waals surface area contributed by atoms with Crippen LogP contribution >= 0.6 is 0 Å². The molecule has 0 radical (unpaired) electrons. The van der Waals surface area contributed by atoms with Gasteiger partial charge >= 0.3 is 0 Å². The Kier molecular flexibility index (Phi) is 5.13. The highest BCUT2D eigenvalue weighted by Gasteiger charge is 2.50. The van der Waals surface area contributed by atoms with E-state index in [9.17, 15) is 10.1 Å². The first-order valence-electron chi connectivity index (χ1n) is 11.0. The number of amides is 1. The fourth-order valence-electron chi connectivity index (χ4n) is 5.10. The van der Waals surface area contributed by atoms with Crippen molar-refractivity contribution in [2.24, 2.45) is 0 Å². The standard InChI is InChI=1S/C25H27N5O/c26-16-20-17-27-23-9-8-19(15-22(20)23)5-4-12-29-13-10-25(11-14-29)24(31)28-18-30(25)21-6-2-1-3-7-21/h1-3,6-9,15,17,27H,4-5,10-14,18H2,(H,28,31). The number of nitrogens with zero attached hydrogens (tertiary/aromatic N) is 3. The van der Waals surface area contributed by atoms with Gasteiger partial charge in [-0.25, -0.2) is 0 Å². The van der Waals surface area contributed by atoms with Crippen LogP contribution in [0.25, 0.3) is 10.9 Å². The van der Waals surface area contributed by atoms with Gasteiger partial charge in [0.25, 0.3) is 0 Å². The predicted octanol–water partition coefficient (Wildman–Crippen LogP) is 3.40. The van der Waals surface area contributed by atoms with E-state index in [1.807, 2.05) is 18.2 Å². The van der Waals surface area contributed by atoms with Gasteiger partial charge in [-0.05, 0) is 62.1 Å². The topological polar surface area (TPSA) is 75.2 Å². The number of carbonyl (C=O) groups excluding carboxylic acids is 1. The van der Waals surface area contributed by atoms with E-state index >= 15 is 0 Å². The zero-order valence-corrected chi connectivity index (χ0v) is 17.6. The minimum Gasteiger partial charge on any atom is -0.360 e. The number of piperidine rings is 1. The van der Waals surface area contributed by atoms with Crippen LogP contribution in [0.5, 0.6) is 0 Å². The highest BCUT2D eigenvalue weighted by Crippen LogP contribution is 2.36. The molecule has 2 aromatic carbocycles. The highest BCUT2D eigenvalue weighted by atomic mass is 16.2. The Morgan fingerprint density at radius 1 is 1.10 bits per heavy atom. The minimum atomic E-state index is -0.412. The zero-order valence-electron chi connectivity index (χ0n) is 17.6. The van der Waals surface area contributed by atoms with Gasteiger partial charge in [0.2, 0.25) is 5.91 Å². The monoisotopic (exact) mass is 413 g/mol.